The van der Waals surface area contributed by atoms with Crippen molar-refractivity contribution in [1.82, 2.24) is 15.5 Å². The molecule has 5 heteroatoms. The van der Waals surface area contributed by atoms with Crippen molar-refractivity contribution in [3.8, 4) is 0 Å². The Kier molecular flexibility index (Phi) is 6.32. The van der Waals surface area contributed by atoms with Crippen molar-refractivity contribution in [3.63, 3.8) is 0 Å². The third-order valence-corrected chi connectivity index (χ3v) is 5.19. The Morgan fingerprint density at radius 1 is 1.24 bits per heavy atom. The van der Waals surface area contributed by atoms with E-state index in [0.29, 0.717) is 17.9 Å². The van der Waals surface area contributed by atoms with E-state index in [4.69, 9.17) is 4.74 Å². The lowest BCUT2D eigenvalue weighted by atomic mass is 10.0. The Labute approximate surface area is 151 Å². The van der Waals surface area contributed by atoms with E-state index in [0.717, 1.165) is 45.4 Å². The van der Waals surface area contributed by atoms with Gasteiger partial charge in [-0.15, -0.1) is 0 Å². The number of aliphatic imine (C=N–C) groups is 1. The molecule has 2 aliphatic rings. The molecule has 2 atom stereocenters. The summed E-state index contributed by atoms with van der Waals surface area (Å²) in [5.41, 5.74) is 2.85. The number of hydrogen-bond donors (Lipinski definition) is 2. The molecule has 1 aromatic carbocycles. The van der Waals surface area contributed by atoms with Gasteiger partial charge in [-0.1, -0.05) is 38.1 Å². The normalized spacial score (nSPS) is 24.4. The topological polar surface area (TPSA) is 48.9 Å². The summed E-state index contributed by atoms with van der Waals surface area (Å²) in [7, 11) is 1.85. The summed E-state index contributed by atoms with van der Waals surface area (Å²) >= 11 is 0. The third kappa shape index (κ3) is 5.19. The molecule has 0 bridgehead atoms. The van der Waals surface area contributed by atoms with E-state index < -0.39 is 0 Å². The summed E-state index contributed by atoms with van der Waals surface area (Å²) in [6, 6.07) is 9.61. The predicted molar refractivity (Wildman–Crippen MR) is 103 cm³/mol. The quantitative estimate of drug-likeness (QED) is 0.613. The van der Waals surface area contributed by atoms with Crippen LogP contribution in [-0.4, -0.2) is 63.3 Å². The highest BCUT2D eigenvalue weighted by Gasteiger charge is 2.38. The zero-order valence-electron chi connectivity index (χ0n) is 15.8. The van der Waals surface area contributed by atoms with Gasteiger partial charge >= 0.3 is 0 Å². The van der Waals surface area contributed by atoms with E-state index in [-0.39, 0.29) is 0 Å². The standard InChI is InChI=1S/C20H32N4O/c1-15(2)16-4-6-17(7-5-16)18-14-19(18)23-20(21-3)22-8-9-24-10-12-25-13-11-24/h4-7,15,18-19H,8-14H2,1-3H3,(H2,21,22,23). The predicted octanol–water partition coefficient (Wildman–Crippen LogP) is 2.16. The van der Waals surface area contributed by atoms with Gasteiger partial charge in [0, 0.05) is 45.2 Å². The van der Waals surface area contributed by atoms with Crippen LogP contribution in [0.25, 0.3) is 0 Å². The molecular weight excluding hydrogens is 312 g/mol. The van der Waals surface area contributed by atoms with Crippen molar-refractivity contribution < 1.29 is 4.74 Å². The van der Waals surface area contributed by atoms with E-state index >= 15 is 0 Å². The van der Waals surface area contributed by atoms with Gasteiger partial charge in [0.25, 0.3) is 0 Å². The first-order chi connectivity index (χ1) is 12.2. The van der Waals surface area contributed by atoms with Crippen LogP contribution in [0.15, 0.2) is 29.3 Å². The minimum Gasteiger partial charge on any atom is -0.379 e. The molecule has 0 amide bonds. The average molecular weight is 345 g/mol. The summed E-state index contributed by atoms with van der Waals surface area (Å²) in [6.07, 6.45) is 1.19. The molecule has 1 heterocycles. The third-order valence-electron chi connectivity index (χ3n) is 5.19. The molecule has 25 heavy (non-hydrogen) atoms. The smallest absolute Gasteiger partial charge is 0.191 e. The zero-order valence-corrected chi connectivity index (χ0v) is 15.8. The second-order valence-corrected chi connectivity index (χ2v) is 7.37. The maximum atomic E-state index is 5.39. The number of benzene rings is 1. The second-order valence-electron chi connectivity index (χ2n) is 7.37. The van der Waals surface area contributed by atoms with E-state index in [1.807, 2.05) is 7.05 Å². The van der Waals surface area contributed by atoms with Crippen LogP contribution in [0.4, 0.5) is 0 Å². The van der Waals surface area contributed by atoms with Crippen molar-refractivity contribution in [2.45, 2.75) is 38.1 Å². The van der Waals surface area contributed by atoms with E-state index in [1.54, 1.807) is 0 Å². The lowest BCUT2D eigenvalue weighted by Gasteiger charge is -2.26. The van der Waals surface area contributed by atoms with Crippen molar-refractivity contribution >= 4 is 5.96 Å². The molecule has 1 aliphatic heterocycles. The minimum absolute atomic E-state index is 0.500. The van der Waals surface area contributed by atoms with Gasteiger partial charge in [0.05, 0.1) is 13.2 Å². The molecule has 0 spiro atoms. The summed E-state index contributed by atoms with van der Waals surface area (Å²) in [5.74, 6) is 2.12. The van der Waals surface area contributed by atoms with Crippen molar-refractivity contribution in [2.24, 2.45) is 4.99 Å². The van der Waals surface area contributed by atoms with Gasteiger partial charge < -0.3 is 15.4 Å². The fourth-order valence-electron chi connectivity index (χ4n) is 3.38. The molecule has 0 aromatic heterocycles. The van der Waals surface area contributed by atoms with Crippen LogP contribution in [0.3, 0.4) is 0 Å². The molecule has 1 saturated heterocycles. The second kappa shape index (κ2) is 8.68. The van der Waals surface area contributed by atoms with Crippen molar-refractivity contribution in [3.05, 3.63) is 35.4 Å². The first-order valence-electron chi connectivity index (χ1n) is 9.54. The van der Waals surface area contributed by atoms with Gasteiger partial charge in [0.2, 0.25) is 0 Å². The SMILES string of the molecule is CN=C(NCCN1CCOCC1)NC1CC1c1ccc(C(C)C)cc1. The maximum Gasteiger partial charge on any atom is 0.191 e. The summed E-state index contributed by atoms with van der Waals surface area (Å²) in [4.78, 5) is 6.80. The highest BCUT2D eigenvalue weighted by Crippen LogP contribution is 2.41. The van der Waals surface area contributed by atoms with Gasteiger partial charge in [0.15, 0.2) is 5.96 Å². The molecule has 138 valence electrons. The van der Waals surface area contributed by atoms with Gasteiger partial charge in [-0.25, -0.2) is 0 Å². The van der Waals surface area contributed by atoms with Crippen LogP contribution in [0.1, 0.15) is 43.2 Å². The van der Waals surface area contributed by atoms with Crippen LogP contribution >= 0.6 is 0 Å². The van der Waals surface area contributed by atoms with Gasteiger partial charge in [-0.3, -0.25) is 9.89 Å². The molecule has 2 fully saturated rings. The van der Waals surface area contributed by atoms with Crippen LogP contribution in [-0.2, 0) is 4.74 Å². The molecule has 1 saturated carbocycles. The van der Waals surface area contributed by atoms with Gasteiger partial charge in [0.1, 0.15) is 0 Å². The molecule has 2 N–H and O–H groups in total. The molecule has 5 nitrogen and oxygen atoms in total. The Balaban J connectivity index is 1.41. The Morgan fingerprint density at radius 3 is 2.60 bits per heavy atom. The summed E-state index contributed by atoms with van der Waals surface area (Å²) in [5, 5.41) is 7.00. The first kappa shape index (κ1) is 18.2. The Hall–Kier alpha value is -1.59. The molecule has 0 radical (unpaired) electrons. The van der Waals surface area contributed by atoms with Crippen LogP contribution in [0, 0.1) is 0 Å². The highest BCUT2D eigenvalue weighted by atomic mass is 16.5. The van der Waals surface area contributed by atoms with Crippen LogP contribution in [0.5, 0.6) is 0 Å². The lowest BCUT2D eigenvalue weighted by Crippen LogP contribution is -2.45. The lowest BCUT2D eigenvalue weighted by molar-refractivity contribution is 0.0389. The number of nitrogens with one attached hydrogen (secondary N) is 2. The van der Waals surface area contributed by atoms with E-state index in [1.165, 1.54) is 17.5 Å². The monoisotopic (exact) mass is 344 g/mol. The zero-order chi connectivity index (χ0) is 17.6. The van der Waals surface area contributed by atoms with Gasteiger partial charge in [-0.2, -0.15) is 0 Å². The van der Waals surface area contributed by atoms with E-state index in [9.17, 15) is 0 Å². The molecular formula is C20H32N4O. The number of nitrogens with zero attached hydrogens (tertiary/aromatic N) is 2. The molecule has 3 rings (SSSR count). The highest BCUT2D eigenvalue weighted by molar-refractivity contribution is 5.80. The Bertz CT molecular complexity index is 564. The average Bonchev–Trinajstić information content (AvgIpc) is 3.41. The summed E-state index contributed by atoms with van der Waals surface area (Å²) in [6.45, 7) is 10.2. The maximum absolute atomic E-state index is 5.39. The summed E-state index contributed by atoms with van der Waals surface area (Å²) < 4.78 is 5.39. The largest absolute Gasteiger partial charge is 0.379 e. The number of morpholine rings is 1. The fourth-order valence-corrected chi connectivity index (χ4v) is 3.38. The number of guanidine groups is 1. The number of rotatable bonds is 6. The van der Waals surface area contributed by atoms with E-state index in [2.05, 4.69) is 58.6 Å². The minimum atomic E-state index is 0.500. The van der Waals surface area contributed by atoms with Crippen molar-refractivity contribution in [1.29, 1.82) is 0 Å². The Morgan fingerprint density at radius 2 is 1.96 bits per heavy atom. The van der Waals surface area contributed by atoms with Gasteiger partial charge in [-0.05, 0) is 23.5 Å². The van der Waals surface area contributed by atoms with Crippen LogP contribution in [0.2, 0.25) is 0 Å². The molecule has 1 aliphatic carbocycles. The van der Waals surface area contributed by atoms with Crippen molar-refractivity contribution in [2.75, 3.05) is 46.4 Å². The first-order valence-corrected chi connectivity index (χ1v) is 9.54. The van der Waals surface area contributed by atoms with Crippen LogP contribution < -0.4 is 10.6 Å². The molecule has 2 unspecified atom stereocenters. The fraction of sp³-hybridized carbons (Fsp3) is 0.650. The molecule has 1 aromatic rings. The number of ether oxygens (including phenoxy) is 1. The number of hydrogen-bond acceptors (Lipinski definition) is 3.